The molecule has 1 aliphatic carbocycles. The van der Waals surface area contributed by atoms with Crippen molar-refractivity contribution in [1.29, 1.82) is 5.26 Å². The quantitative estimate of drug-likeness (QED) is 0.912. The molecule has 1 fully saturated rings. The summed E-state index contributed by atoms with van der Waals surface area (Å²) in [6, 6.07) is 7.82. The second-order valence-corrected chi connectivity index (χ2v) is 5.27. The molecule has 0 heterocycles. The van der Waals surface area contributed by atoms with Gasteiger partial charge in [0.15, 0.2) is 0 Å². The molecule has 17 heavy (non-hydrogen) atoms. The number of nitriles is 1. The Balaban J connectivity index is 2.04. The Morgan fingerprint density at radius 3 is 2.88 bits per heavy atom. The van der Waals surface area contributed by atoms with Crippen LogP contribution in [0, 0.1) is 11.3 Å². The highest BCUT2D eigenvalue weighted by Gasteiger charge is 2.20. The third-order valence-corrected chi connectivity index (χ3v) is 3.69. The van der Waals surface area contributed by atoms with Crippen LogP contribution in [0.5, 0.6) is 5.75 Å². The van der Waals surface area contributed by atoms with Crippen LogP contribution in [0.1, 0.15) is 31.2 Å². The summed E-state index contributed by atoms with van der Waals surface area (Å²) >= 11 is 3.36. The smallest absolute Gasteiger partial charge is 0.120 e. The molecule has 1 saturated carbocycles. The summed E-state index contributed by atoms with van der Waals surface area (Å²) in [7, 11) is 0. The Morgan fingerprint density at radius 2 is 2.24 bits per heavy atom. The Labute approximate surface area is 110 Å². The van der Waals surface area contributed by atoms with E-state index in [2.05, 4.69) is 22.0 Å². The van der Waals surface area contributed by atoms with Gasteiger partial charge in [-0.05, 0) is 59.8 Å². The van der Waals surface area contributed by atoms with Crippen molar-refractivity contribution in [3.8, 4) is 11.8 Å². The van der Waals surface area contributed by atoms with Crippen molar-refractivity contribution in [1.82, 2.24) is 0 Å². The maximum Gasteiger partial charge on any atom is 0.120 e. The minimum atomic E-state index is 0.207. The number of nitrogens with two attached hydrogens (primary N) is 1. The van der Waals surface area contributed by atoms with Crippen LogP contribution in [0.2, 0.25) is 0 Å². The standard InChI is InChI=1S/C13H15BrN2O/c14-13-7-12(5-4-9(13)8-15)17-11-3-1-2-10(16)6-11/h4-5,7,10-11H,1-3,6,16H2. The maximum atomic E-state index is 8.83. The molecule has 0 radical (unpaired) electrons. The van der Waals surface area contributed by atoms with Gasteiger partial charge in [0.1, 0.15) is 17.9 Å². The number of hydrogen-bond donors (Lipinski definition) is 1. The van der Waals surface area contributed by atoms with E-state index in [-0.39, 0.29) is 12.1 Å². The Bertz CT molecular complexity index is 442. The molecule has 2 N–H and O–H groups in total. The van der Waals surface area contributed by atoms with Crippen molar-refractivity contribution in [2.45, 2.75) is 37.8 Å². The number of ether oxygens (including phenoxy) is 1. The van der Waals surface area contributed by atoms with Gasteiger partial charge in [-0.15, -0.1) is 0 Å². The molecule has 0 saturated heterocycles. The van der Waals surface area contributed by atoms with E-state index < -0.39 is 0 Å². The molecule has 2 atom stereocenters. The van der Waals surface area contributed by atoms with Gasteiger partial charge in [0.2, 0.25) is 0 Å². The molecule has 4 heteroatoms. The van der Waals surface area contributed by atoms with Crippen molar-refractivity contribution >= 4 is 15.9 Å². The normalized spacial score (nSPS) is 24.1. The molecule has 1 aromatic carbocycles. The molecule has 0 aliphatic heterocycles. The summed E-state index contributed by atoms with van der Waals surface area (Å²) in [5, 5.41) is 8.83. The SMILES string of the molecule is N#Cc1ccc(OC2CCCC(N)C2)cc1Br. The van der Waals surface area contributed by atoms with Crippen LogP contribution in [0.4, 0.5) is 0 Å². The number of nitrogens with zero attached hydrogens (tertiary/aromatic N) is 1. The summed E-state index contributed by atoms with van der Waals surface area (Å²) < 4.78 is 6.66. The molecular formula is C13H15BrN2O. The van der Waals surface area contributed by atoms with Crippen LogP contribution in [-0.2, 0) is 0 Å². The molecule has 1 aromatic rings. The first-order valence-electron chi connectivity index (χ1n) is 5.81. The third kappa shape index (κ3) is 3.21. The Hall–Kier alpha value is -1.05. The van der Waals surface area contributed by atoms with Gasteiger partial charge in [0.05, 0.1) is 5.56 Å². The lowest BCUT2D eigenvalue weighted by Crippen LogP contribution is -2.33. The molecule has 0 amide bonds. The molecule has 0 bridgehead atoms. The predicted octanol–water partition coefficient (Wildman–Crippen LogP) is 2.97. The van der Waals surface area contributed by atoms with Crippen molar-refractivity contribution in [2.75, 3.05) is 0 Å². The minimum absolute atomic E-state index is 0.207. The highest BCUT2D eigenvalue weighted by atomic mass is 79.9. The highest BCUT2D eigenvalue weighted by Crippen LogP contribution is 2.26. The molecule has 3 nitrogen and oxygen atoms in total. The van der Waals surface area contributed by atoms with Crippen molar-refractivity contribution < 1.29 is 4.74 Å². The van der Waals surface area contributed by atoms with Gasteiger partial charge in [0, 0.05) is 10.5 Å². The van der Waals surface area contributed by atoms with Crippen molar-refractivity contribution in [3.63, 3.8) is 0 Å². The lowest BCUT2D eigenvalue weighted by Gasteiger charge is -2.27. The monoisotopic (exact) mass is 294 g/mol. The van der Waals surface area contributed by atoms with E-state index >= 15 is 0 Å². The predicted molar refractivity (Wildman–Crippen MR) is 69.7 cm³/mol. The van der Waals surface area contributed by atoms with Crippen molar-refractivity contribution in [2.24, 2.45) is 5.73 Å². The van der Waals surface area contributed by atoms with Crippen LogP contribution < -0.4 is 10.5 Å². The summed E-state index contributed by atoms with van der Waals surface area (Å²) in [5.41, 5.74) is 6.54. The molecule has 0 spiro atoms. The number of benzene rings is 1. The zero-order valence-electron chi connectivity index (χ0n) is 9.53. The fourth-order valence-electron chi connectivity index (χ4n) is 2.14. The summed E-state index contributed by atoms with van der Waals surface area (Å²) in [4.78, 5) is 0. The molecule has 90 valence electrons. The van der Waals surface area contributed by atoms with Crippen molar-refractivity contribution in [3.05, 3.63) is 28.2 Å². The van der Waals surface area contributed by atoms with Gasteiger partial charge in [-0.3, -0.25) is 0 Å². The van der Waals surface area contributed by atoms with Gasteiger partial charge in [-0.25, -0.2) is 0 Å². The number of halogens is 1. The van der Waals surface area contributed by atoms with Crippen LogP contribution in [0.25, 0.3) is 0 Å². The Morgan fingerprint density at radius 1 is 1.41 bits per heavy atom. The first kappa shape index (κ1) is 12.4. The molecule has 1 aliphatic rings. The summed E-state index contributed by atoms with van der Waals surface area (Å²) in [5.74, 6) is 0.801. The second-order valence-electron chi connectivity index (χ2n) is 4.42. The maximum absolute atomic E-state index is 8.83. The van der Waals surface area contributed by atoms with E-state index in [0.717, 1.165) is 35.9 Å². The lowest BCUT2D eigenvalue weighted by molar-refractivity contribution is 0.144. The van der Waals surface area contributed by atoms with Gasteiger partial charge in [-0.1, -0.05) is 0 Å². The van der Waals surface area contributed by atoms with E-state index in [0.29, 0.717) is 5.56 Å². The summed E-state index contributed by atoms with van der Waals surface area (Å²) in [6.45, 7) is 0. The number of hydrogen-bond acceptors (Lipinski definition) is 3. The first-order chi connectivity index (χ1) is 8.19. The van der Waals surface area contributed by atoms with Crippen LogP contribution in [0.3, 0.4) is 0 Å². The topological polar surface area (TPSA) is 59.0 Å². The molecule has 0 aromatic heterocycles. The molecule has 2 rings (SSSR count). The van der Waals surface area contributed by atoms with Crippen LogP contribution in [0.15, 0.2) is 22.7 Å². The number of rotatable bonds is 2. The third-order valence-electron chi connectivity index (χ3n) is 3.03. The first-order valence-corrected chi connectivity index (χ1v) is 6.60. The Kier molecular flexibility index (Phi) is 4.03. The van der Waals surface area contributed by atoms with Gasteiger partial charge >= 0.3 is 0 Å². The highest BCUT2D eigenvalue weighted by molar-refractivity contribution is 9.10. The fraction of sp³-hybridized carbons (Fsp3) is 0.462. The van der Waals surface area contributed by atoms with Gasteiger partial charge < -0.3 is 10.5 Å². The average molecular weight is 295 g/mol. The van der Waals surface area contributed by atoms with Gasteiger partial charge in [-0.2, -0.15) is 5.26 Å². The lowest BCUT2D eigenvalue weighted by atomic mass is 9.93. The van der Waals surface area contributed by atoms with Gasteiger partial charge in [0.25, 0.3) is 0 Å². The van der Waals surface area contributed by atoms with E-state index in [1.807, 2.05) is 12.1 Å². The zero-order valence-corrected chi connectivity index (χ0v) is 11.1. The molecule has 2 unspecified atom stereocenters. The molecular weight excluding hydrogens is 280 g/mol. The van der Waals surface area contributed by atoms with Crippen LogP contribution in [-0.4, -0.2) is 12.1 Å². The second kappa shape index (κ2) is 5.52. The van der Waals surface area contributed by atoms with E-state index in [1.165, 1.54) is 0 Å². The van der Waals surface area contributed by atoms with E-state index in [4.69, 9.17) is 15.7 Å². The minimum Gasteiger partial charge on any atom is -0.490 e. The van der Waals surface area contributed by atoms with E-state index in [1.54, 1.807) is 6.07 Å². The zero-order chi connectivity index (χ0) is 12.3. The largest absolute Gasteiger partial charge is 0.490 e. The average Bonchev–Trinajstić information content (AvgIpc) is 2.29. The van der Waals surface area contributed by atoms with Crippen LogP contribution >= 0.6 is 15.9 Å². The fourth-order valence-corrected chi connectivity index (χ4v) is 2.59. The van der Waals surface area contributed by atoms with E-state index in [9.17, 15) is 0 Å². The summed E-state index contributed by atoms with van der Waals surface area (Å²) in [6.07, 6.45) is 4.40.